The molecule has 1 aromatic carbocycles. The average molecular weight is 296 g/mol. The Morgan fingerprint density at radius 3 is 2.88 bits per heavy atom. The van der Waals surface area contributed by atoms with Crippen LogP contribution in [-0.4, -0.2) is 7.11 Å². The number of ether oxygens (including phenoxy) is 1. The molecule has 0 spiro atoms. The van der Waals surface area contributed by atoms with Gasteiger partial charge in [0.2, 0.25) is 0 Å². The molecular formula is C13H14BrNO2. The van der Waals surface area contributed by atoms with Gasteiger partial charge in [-0.25, -0.2) is 0 Å². The maximum atomic E-state index is 5.41. The van der Waals surface area contributed by atoms with Crippen molar-refractivity contribution in [2.45, 2.75) is 13.2 Å². The third-order valence-electron chi connectivity index (χ3n) is 2.33. The summed E-state index contributed by atoms with van der Waals surface area (Å²) in [6, 6.07) is 12.0. The second kappa shape index (κ2) is 5.89. The lowest BCUT2D eigenvalue weighted by molar-refractivity contribution is 0.185. The lowest BCUT2D eigenvalue weighted by Crippen LogP contribution is -1.98. The predicted octanol–water partition coefficient (Wildman–Crippen LogP) is 3.80. The highest BCUT2D eigenvalue weighted by atomic mass is 79.9. The summed E-state index contributed by atoms with van der Waals surface area (Å²) >= 11 is 3.28. The Balaban J connectivity index is 1.96. The maximum Gasteiger partial charge on any atom is 0.169 e. The first-order valence-corrected chi connectivity index (χ1v) is 6.13. The molecule has 1 aromatic heterocycles. The number of benzene rings is 1. The van der Waals surface area contributed by atoms with Crippen molar-refractivity contribution in [3.05, 3.63) is 52.4 Å². The van der Waals surface area contributed by atoms with Gasteiger partial charge in [-0.3, -0.25) is 0 Å². The summed E-state index contributed by atoms with van der Waals surface area (Å²) in [5, 5.41) is 3.30. The molecule has 0 unspecified atom stereocenters. The van der Waals surface area contributed by atoms with Gasteiger partial charge >= 0.3 is 0 Å². The molecule has 0 saturated carbocycles. The van der Waals surface area contributed by atoms with Crippen LogP contribution in [0.3, 0.4) is 0 Å². The Hall–Kier alpha value is -1.26. The van der Waals surface area contributed by atoms with Gasteiger partial charge in [0.05, 0.1) is 13.2 Å². The number of halogens is 1. The van der Waals surface area contributed by atoms with Crippen LogP contribution in [0.15, 0.2) is 45.5 Å². The minimum Gasteiger partial charge on any atom is -0.452 e. The summed E-state index contributed by atoms with van der Waals surface area (Å²) in [6.07, 6.45) is 0. The minimum atomic E-state index is 0.627. The van der Waals surface area contributed by atoms with Crippen LogP contribution in [0.5, 0.6) is 0 Å². The van der Waals surface area contributed by atoms with Gasteiger partial charge in [0.25, 0.3) is 0 Å². The molecule has 0 saturated heterocycles. The molecule has 1 N–H and O–H groups in total. The van der Waals surface area contributed by atoms with Crippen LogP contribution in [0.2, 0.25) is 0 Å². The normalized spacial score (nSPS) is 10.5. The first kappa shape index (κ1) is 12.2. The van der Waals surface area contributed by atoms with E-state index in [9.17, 15) is 0 Å². The van der Waals surface area contributed by atoms with Crippen LogP contribution in [-0.2, 0) is 17.9 Å². The molecule has 2 aromatic rings. The number of furan rings is 1. The third kappa shape index (κ3) is 3.61. The van der Waals surface area contributed by atoms with E-state index >= 15 is 0 Å². The quantitative estimate of drug-likeness (QED) is 0.911. The highest BCUT2D eigenvalue weighted by Crippen LogP contribution is 2.16. The van der Waals surface area contributed by atoms with E-state index in [4.69, 9.17) is 9.15 Å². The molecule has 0 bridgehead atoms. The minimum absolute atomic E-state index is 0.627. The molecule has 0 atom stereocenters. The van der Waals surface area contributed by atoms with Crippen LogP contribution < -0.4 is 5.32 Å². The van der Waals surface area contributed by atoms with E-state index in [-0.39, 0.29) is 0 Å². The largest absolute Gasteiger partial charge is 0.452 e. The van der Waals surface area contributed by atoms with Gasteiger partial charge in [-0.1, -0.05) is 12.1 Å². The summed E-state index contributed by atoms with van der Waals surface area (Å²) in [4.78, 5) is 0. The molecule has 0 aliphatic rings. The van der Waals surface area contributed by atoms with E-state index < -0.39 is 0 Å². The van der Waals surface area contributed by atoms with E-state index in [1.165, 1.54) is 0 Å². The van der Waals surface area contributed by atoms with E-state index in [2.05, 4.69) is 27.3 Å². The van der Waals surface area contributed by atoms with Gasteiger partial charge in [-0.2, -0.15) is 0 Å². The molecule has 0 amide bonds. The van der Waals surface area contributed by atoms with Crippen LogP contribution in [0.4, 0.5) is 5.69 Å². The van der Waals surface area contributed by atoms with E-state index in [1.807, 2.05) is 30.3 Å². The zero-order valence-corrected chi connectivity index (χ0v) is 11.2. The van der Waals surface area contributed by atoms with E-state index in [1.54, 1.807) is 7.11 Å². The third-order valence-corrected chi connectivity index (χ3v) is 2.76. The van der Waals surface area contributed by atoms with Gasteiger partial charge in [0.15, 0.2) is 4.67 Å². The fourth-order valence-corrected chi connectivity index (χ4v) is 1.91. The molecule has 3 nitrogen and oxygen atoms in total. The number of nitrogens with one attached hydrogen (secondary N) is 1. The Kier molecular flexibility index (Phi) is 4.23. The van der Waals surface area contributed by atoms with E-state index in [0.717, 1.165) is 21.7 Å². The van der Waals surface area contributed by atoms with Crippen LogP contribution in [0.1, 0.15) is 11.3 Å². The van der Waals surface area contributed by atoms with Crippen molar-refractivity contribution in [1.29, 1.82) is 0 Å². The van der Waals surface area contributed by atoms with Crippen molar-refractivity contribution in [3.63, 3.8) is 0 Å². The molecule has 0 radical (unpaired) electrons. The molecule has 1 heterocycles. The van der Waals surface area contributed by atoms with Crippen LogP contribution in [0, 0.1) is 0 Å². The molecule has 90 valence electrons. The molecule has 0 aliphatic carbocycles. The predicted molar refractivity (Wildman–Crippen MR) is 70.9 cm³/mol. The topological polar surface area (TPSA) is 34.4 Å². The number of anilines is 1. The standard InChI is InChI=1S/C13H14BrNO2/c1-16-9-10-3-2-4-11(7-10)15-8-12-5-6-13(14)17-12/h2-7,15H,8-9H2,1H3. The zero-order chi connectivity index (χ0) is 12.1. The summed E-state index contributed by atoms with van der Waals surface area (Å²) in [5.74, 6) is 0.897. The highest BCUT2D eigenvalue weighted by molar-refractivity contribution is 9.10. The zero-order valence-electron chi connectivity index (χ0n) is 9.57. The fourth-order valence-electron chi connectivity index (χ4n) is 1.57. The van der Waals surface area contributed by atoms with Gasteiger partial charge in [-0.05, 0) is 45.8 Å². The first-order valence-electron chi connectivity index (χ1n) is 5.34. The molecule has 4 heteroatoms. The molecule has 17 heavy (non-hydrogen) atoms. The van der Waals surface area contributed by atoms with Crippen molar-refractivity contribution in [2.24, 2.45) is 0 Å². The Morgan fingerprint density at radius 2 is 2.18 bits per heavy atom. The lowest BCUT2D eigenvalue weighted by Gasteiger charge is -2.06. The van der Waals surface area contributed by atoms with Gasteiger partial charge in [0, 0.05) is 12.8 Å². The average Bonchev–Trinajstić information content (AvgIpc) is 2.74. The maximum absolute atomic E-state index is 5.41. The van der Waals surface area contributed by atoms with Crippen molar-refractivity contribution in [3.8, 4) is 0 Å². The van der Waals surface area contributed by atoms with Gasteiger partial charge in [0.1, 0.15) is 5.76 Å². The molecular weight excluding hydrogens is 282 g/mol. The summed E-state index contributed by atoms with van der Waals surface area (Å²) < 4.78 is 11.3. The second-order valence-electron chi connectivity index (χ2n) is 3.69. The summed E-state index contributed by atoms with van der Waals surface area (Å²) in [5.41, 5.74) is 2.21. The van der Waals surface area contributed by atoms with Crippen molar-refractivity contribution >= 4 is 21.6 Å². The SMILES string of the molecule is COCc1cccc(NCc2ccc(Br)o2)c1. The van der Waals surface area contributed by atoms with Crippen molar-refractivity contribution < 1.29 is 9.15 Å². The van der Waals surface area contributed by atoms with Crippen molar-refractivity contribution in [2.75, 3.05) is 12.4 Å². The smallest absolute Gasteiger partial charge is 0.169 e. The Labute approximate surface area is 109 Å². The molecule has 0 fully saturated rings. The number of methoxy groups -OCH3 is 1. The Bertz CT molecular complexity index is 482. The molecule has 0 aliphatic heterocycles. The summed E-state index contributed by atoms with van der Waals surface area (Å²) in [7, 11) is 1.69. The monoisotopic (exact) mass is 295 g/mol. The molecule has 2 rings (SSSR count). The first-order chi connectivity index (χ1) is 8.28. The lowest BCUT2D eigenvalue weighted by atomic mass is 10.2. The number of rotatable bonds is 5. The second-order valence-corrected chi connectivity index (χ2v) is 4.47. The van der Waals surface area contributed by atoms with Crippen LogP contribution >= 0.6 is 15.9 Å². The van der Waals surface area contributed by atoms with Gasteiger partial charge in [-0.15, -0.1) is 0 Å². The number of hydrogen-bond donors (Lipinski definition) is 1. The number of hydrogen-bond acceptors (Lipinski definition) is 3. The fraction of sp³-hybridized carbons (Fsp3) is 0.231. The van der Waals surface area contributed by atoms with E-state index in [0.29, 0.717) is 13.2 Å². The highest BCUT2D eigenvalue weighted by Gasteiger charge is 2.00. The van der Waals surface area contributed by atoms with Crippen LogP contribution in [0.25, 0.3) is 0 Å². The van der Waals surface area contributed by atoms with Gasteiger partial charge < -0.3 is 14.5 Å². The van der Waals surface area contributed by atoms with Crippen molar-refractivity contribution in [1.82, 2.24) is 0 Å². The summed E-state index contributed by atoms with van der Waals surface area (Å²) in [6.45, 7) is 1.30. The Morgan fingerprint density at radius 1 is 1.29 bits per heavy atom.